The highest BCUT2D eigenvalue weighted by molar-refractivity contribution is 5.95. The van der Waals surface area contributed by atoms with Crippen LogP contribution in [-0.2, 0) is 24.2 Å². The van der Waals surface area contributed by atoms with E-state index >= 15 is 0 Å². The van der Waals surface area contributed by atoms with Crippen molar-refractivity contribution in [2.45, 2.75) is 31.9 Å². The summed E-state index contributed by atoms with van der Waals surface area (Å²) in [4.78, 5) is 30.1. The van der Waals surface area contributed by atoms with Crippen LogP contribution in [0.4, 0.5) is 4.39 Å². The third kappa shape index (κ3) is 2.95. The highest BCUT2D eigenvalue weighted by atomic mass is 19.1. The predicted molar refractivity (Wildman–Crippen MR) is 107 cm³/mol. The molecule has 2 heterocycles. The van der Waals surface area contributed by atoms with Crippen molar-refractivity contribution in [2.24, 2.45) is 0 Å². The number of hydrogen-bond acceptors (Lipinski definition) is 3. The number of aromatic nitrogens is 1. The van der Waals surface area contributed by atoms with Crippen molar-refractivity contribution in [3.8, 4) is 0 Å². The quantitative estimate of drug-likeness (QED) is 0.726. The number of aryl methyl sites for hydroxylation is 2. The molecule has 6 heteroatoms. The maximum absolute atomic E-state index is 13.7. The van der Waals surface area contributed by atoms with E-state index in [1.54, 1.807) is 18.0 Å². The van der Waals surface area contributed by atoms with Gasteiger partial charge in [0, 0.05) is 23.9 Å². The van der Waals surface area contributed by atoms with Gasteiger partial charge in [-0.15, -0.1) is 0 Å². The number of nitrogens with one attached hydrogen (secondary N) is 1. The Morgan fingerprint density at radius 2 is 1.97 bits per heavy atom. The highest BCUT2D eigenvalue weighted by Gasteiger charge is 2.31. The van der Waals surface area contributed by atoms with E-state index in [1.807, 2.05) is 18.2 Å². The second-order valence-corrected chi connectivity index (χ2v) is 7.82. The number of likely N-dealkylation sites (N-methyl/N-ethyl adjacent to an activating group) is 1. The second kappa shape index (κ2) is 6.81. The first kappa shape index (κ1) is 18.1. The number of nitrogens with zero attached hydrogens (tertiary/aromatic N) is 1. The first-order chi connectivity index (χ1) is 14.0. The first-order valence-electron chi connectivity index (χ1n) is 9.84. The molecule has 1 N–H and O–H groups in total. The van der Waals surface area contributed by atoms with Gasteiger partial charge in [-0.2, -0.15) is 0 Å². The molecule has 1 atom stereocenters. The van der Waals surface area contributed by atoms with Crippen LogP contribution in [0, 0.1) is 5.82 Å². The van der Waals surface area contributed by atoms with E-state index in [4.69, 9.17) is 4.74 Å². The van der Waals surface area contributed by atoms with E-state index in [0.717, 1.165) is 24.8 Å². The Kier molecular flexibility index (Phi) is 4.24. The van der Waals surface area contributed by atoms with Crippen molar-refractivity contribution in [2.75, 3.05) is 13.7 Å². The molecule has 1 amide bonds. The van der Waals surface area contributed by atoms with E-state index < -0.39 is 5.82 Å². The largest absolute Gasteiger partial charge is 0.373 e. The number of benzene rings is 2. The monoisotopic (exact) mass is 392 g/mol. The minimum atomic E-state index is -0.464. The van der Waals surface area contributed by atoms with Crippen LogP contribution in [0.3, 0.4) is 0 Å². The maximum atomic E-state index is 13.7. The molecule has 29 heavy (non-hydrogen) atoms. The van der Waals surface area contributed by atoms with Gasteiger partial charge in [0.1, 0.15) is 5.82 Å². The number of amides is 1. The number of halogens is 1. The lowest BCUT2D eigenvalue weighted by atomic mass is 9.95. The third-order valence-electron chi connectivity index (χ3n) is 6.09. The number of H-pyrrole nitrogens is 1. The van der Waals surface area contributed by atoms with Gasteiger partial charge in [-0.05, 0) is 60.0 Å². The van der Waals surface area contributed by atoms with Crippen LogP contribution in [0.25, 0.3) is 10.8 Å². The van der Waals surface area contributed by atoms with Gasteiger partial charge in [-0.3, -0.25) is 9.59 Å². The normalized spacial score (nSPS) is 17.8. The second-order valence-electron chi connectivity index (χ2n) is 7.82. The Bertz CT molecular complexity index is 1200. The number of fused-ring (bicyclic) bond motifs is 4. The average molecular weight is 392 g/mol. The maximum Gasteiger partial charge on any atom is 0.256 e. The molecule has 2 aromatic carbocycles. The lowest BCUT2D eigenvalue weighted by Crippen LogP contribution is -2.37. The molecule has 5 nitrogen and oxygen atoms in total. The van der Waals surface area contributed by atoms with Gasteiger partial charge < -0.3 is 14.6 Å². The van der Waals surface area contributed by atoms with Crippen molar-refractivity contribution in [3.63, 3.8) is 0 Å². The number of pyridine rings is 1. The number of ether oxygens (including phenoxy) is 1. The van der Waals surface area contributed by atoms with E-state index in [0.29, 0.717) is 23.3 Å². The summed E-state index contributed by atoms with van der Waals surface area (Å²) in [7, 11) is 1.75. The van der Waals surface area contributed by atoms with Crippen LogP contribution < -0.4 is 5.56 Å². The summed E-state index contributed by atoms with van der Waals surface area (Å²) in [5.41, 5.74) is 4.33. The van der Waals surface area contributed by atoms with Gasteiger partial charge in [-0.25, -0.2) is 4.39 Å². The molecule has 148 valence electrons. The predicted octanol–water partition coefficient (Wildman–Crippen LogP) is 3.50. The summed E-state index contributed by atoms with van der Waals surface area (Å²) in [5, 5.41) is 0.945. The molecule has 1 aliphatic heterocycles. The molecule has 3 aromatic rings. The summed E-state index contributed by atoms with van der Waals surface area (Å²) in [6, 6.07) is 9.75. The van der Waals surface area contributed by atoms with E-state index in [-0.39, 0.29) is 29.5 Å². The Hall–Kier alpha value is -2.99. The summed E-state index contributed by atoms with van der Waals surface area (Å²) in [6.07, 6.45) is 3.20. The molecule has 0 unspecified atom stereocenters. The number of hydrogen-bond donors (Lipinski definition) is 1. The summed E-state index contributed by atoms with van der Waals surface area (Å²) in [5.74, 6) is -0.559. The zero-order valence-electron chi connectivity index (χ0n) is 16.1. The zero-order valence-corrected chi connectivity index (χ0v) is 16.1. The summed E-state index contributed by atoms with van der Waals surface area (Å²) in [6.45, 7) is 0.577. The number of rotatable bonds is 2. The van der Waals surface area contributed by atoms with Crippen molar-refractivity contribution in [1.29, 1.82) is 0 Å². The SMILES string of the molecule is CN(C(=O)c1ccc2c(c1)CCC2)[C@H]1COCc2[nH]c(=O)c3cc(F)ccc3c21. The average Bonchev–Trinajstić information content (AvgIpc) is 3.20. The molecule has 2 aliphatic rings. The fourth-order valence-electron chi connectivity index (χ4n) is 4.58. The van der Waals surface area contributed by atoms with Crippen molar-refractivity contribution in [1.82, 2.24) is 9.88 Å². The number of carbonyl (C=O) groups is 1. The molecule has 5 rings (SSSR count). The fraction of sp³-hybridized carbons (Fsp3) is 0.304. The minimum absolute atomic E-state index is 0.0948. The van der Waals surface area contributed by atoms with Crippen molar-refractivity contribution < 1.29 is 13.9 Å². The van der Waals surface area contributed by atoms with Gasteiger partial charge in [0.2, 0.25) is 0 Å². The topological polar surface area (TPSA) is 62.4 Å². The molecule has 0 fully saturated rings. The van der Waals surface area contributed by atoms with Crippen molar-refractivity contribution >= 4 is 16.7 Å². The summed E-state index contributed by atoms with van der Waals surface area (Å²) < 4.78 is 19.4. The van der Waals surface area contributed by atoms with Gasteiger partial charge in [0.25, 0.3) is 11.5 Å². The lowest BCUT2D eigenvalue weighted by Gasteiger charge is -2.34. The van der Waals surface area contributed by atoms with Crippen LogP contribution in [-0.4, -0.2) is 29.4 Å². The minimum Gasteiger partial charge on any atom is -0.373 e. The van der Waals surface area contributed by atoms with E-state index in [9.17, 15) is 14.0 Å². The van der Waals surface area contributed by atoms with Gasteiger partial charge in [-0.1, -0.05) is 12.1 Å². The lowest BCUT2D eigenvalue weighted by molar-refractivity contribution is 0.0335. The fourth-order valence-corrected chi connectivity index (χ4v) is 4.58. The molecule has 1 aromatic heterocycles. The molecule has 0 radical (unpaired) electrons. The van der Waals surface area contributed by atoms with E-state index in [1.165, 1.54) is 23.3 Å². The third-order valence-corrected chi connectivity index (χ3v) is 6.09. The molecule has 1 aliphatic carbocycles. The van der Waals surface area contributed by atoms with Crippen LogP contribution in [0.1, 0.15) is 45.2 Å². The molecular weight excluding hydrogens is 371 g/mol. The molecule has 0 spiro atoms. The molecule has 0 bridgehead atoms. The number of aromatic amines is 1. The van der Waals surface area contributed by atoms with Gasteiger partial charge in [0.05, 0.1) is 24.6 Å². The zero-order chi connectivity index (χ0) is 20.1. The molecule has 0 saturated carbocycles. The van der Waals surface area contributed by atoms with Gasteiger partial charge in [0.15, 0.2) is 0 Å². The standard InChI is InChI=1S/C23H21FN2O3/c1-26(23(28)15-6-5-13-3-2-4-14(13)9-15)20-12-29-11-19-21(20)17-8-7-16(24)10-18(17)22(27)25-19/h5-10,20H,2-4,11-12H2,1H3,(H,25,27)/t20-/m0/s1. The first-order valence-corrected chi connectivity index (χ1v) is 9.84. The Labute approximate surface area is 167 Å². The van der Waals surface area contributed by atoms with E-state index in [2.05, 4.69) is 4.98 Å². The summed E-state index contributed by atoms with van der Waals surface area (Å²) >= 11 is 0. The number of carbonyl (C=O) groups excluding carboxylic acids is 1. The van der Waals surface area contributed by atoms with Crippen LogP contribution in [0.5, 0.6) is 0 Å². The molecular formula is C23H21FN2O3. The van der Waals surface area contributed by atoms with Gasteiger partial charge >= 0.3 is 0 Å². The smallest absolute Gasteiger partial charge is 0.256 e. The Balaban J connectivity index is 1.58. The van der Waals surface area contributed by atoms with Crippen LogP contribution in [0.2, 0.25) is 0 Å². The van der Waals surface area contributed by atoms with Crippen LogP contribution >= 0.6 is 0 Å². The Morgan fingerprint density at radius 3 is 2.83 bits per heavy atom. The van der Waals surface area contributed by atoms with Crippen LogP contribution in [0.15, 0.2) is 41.2 Å². The molecule has 0 saturated heterocycles. The highest BCUT2D eigenvalue weighted by Crippen LogP contribution is 2.34. The van der Waals surface area contributed by atoms with Crippen molar-refractivity contribution in [3.05, 3.63) is 80.5 Å². The Morgan fingerprint density at radius 1 is 1.14 bits per heavy atom.